The number of β-amino-alcohol motifs (C(OH)–C–C–N with tert-alkyl or cyclic N) is 2. The molecule has 0 saturated carbocycles. The molecular weight excluding hydrogens is 502 g/mol. The number of hydrogen-bond acceptors (Lipinski definition) is 11. The van der Waals surface area contributed by atoms with E-state index in [9.17, 15) is 16.8 Å². The highest BCUT2D eigenvalue weighted by molar-refractivity contribution is 7.86. The molecule has 2 rings (SSSR count). The Labute approximate surface area is 204 Å². The average molecular weight is 544 g/mol. The molecule has 5 N–H and O–H groups in total. The van der Waals surface area contributed by atoms with Crippen LogP contribution in [0.2, 0.25) is 0 Å². The van der Waals surface area contributed by atoms with Gasteiger partial charge in [0.15, 0.2) is 0 Å². The maximum absolute atomic E-state index is 10.5. The normalized spacial score (nSPS) is 19.0. The van der Waals surface area contributed by atoms with Crippen LogP contribution in [0, 0.1) is 0 Å². The topological polar surface area (TPSA) is 174 Å². The summed E-state index contributed by atoms with van der Waals surface area (Å²) in [4.78, 5) is 6.40. The lowest BCUT2D eigenvalue weighted by Crippen LogP contribution is -2.51. The van der Waals surface area contributed by atoms with Crippen molar-refractivity contribution in [3.05, 3.63) is 0 Å². The summed E-state index contributed by atoms with van der Waals surface area (Å²) >= 11 is 0. The number of nitrogens with one attached hydrogen (secondary N) is 1. The molecular formula is C17H42ClN5O8S2. The monoisotopic (exact) mass is 543 g/mol. The molecule has 0 unspecified atom stereocenters. The molecule has 0 atom stereocenters. The predicted octanol–water partition coefficient (Wildman–Crippen LogP) is -2.47. The number of hydrogen-bond donors (Lipinski definition) is 5. The summed E-state index contributed by atoms with van der Waals surface area (Å²) in [6, 6.07) is 0. The average Bonchev–Trinajstić information content (AvgIpc) is 2.74. The van der Waals surface area contributed by atoms with Crippen LogP contribution in [-0.4, -0.2) is 160 Å². The first-order valence-corrected chi connectivity index (χ1v) is 13.9. The van der Waals surface area contributed by atoms with Gasteiger partial charge in [0.05, 0.1) is 24.7 Å². The molecule has 2 saturated heterocycles. The largest absolute Gasteiger partial charge is 0.395 e. The Bertz CT molecular complexity index is 671. The van der Waals surface area contributed by atoms with Gasteiger partial charge in [-0.05, 0) is 14.0 Å². The van der Waals surface area contributed by atoms with Crippen LogP contribution in [-0.2, 0) is 20.2 Å². The van der Waals surface area contributed by atoms with Crippen molar-refractivity contribution in [3.63, 3.8) is 0 Å². The molecule has 0 bridgehead atoms. The summed E-state index contributed by atoms with van der Waals surface area (Å²) in [7, 11) is -5.56. The second kappa shape index (κ2) is 19.1. The van der Waals surface area contributed by atoms with E-state index in [0.29, 0.717) is 13.1 Å². The molecule has 0 spiro atoms. The minimum Gasteiger partial charge on any atom is -0.395 e. The van der Waals surface area contributed by atoms with Crippen molar-refractivity contribution in [2.45, 2.75) is 6.92 Å². The van der Waals surface area contributed by atoms with Gasteiger partial charge in [-0.3, -0.25) is 29.2 Å². The van der Waals surface area contributed by atoms with Crippen LogP contribution in [0.5, 0.6) is 0 Å². The molecule has 202 valence electrons. The van der Waals surface area contributed by atoms with Crippen LogP contribution in [0.15, 0.2) is 0 Å². The number of rotatable bonds is 9. The third kappa shape index (κ3) is 20.9. The van der Waals surface area contributed by atoms with Gasteiger partial charge in [-0.2, -0.15) is 16.8 Å². The van der Waals surface area contributed by atoms with Crippen LogP contribution in [0.25, 0.3) is 0 Å². The number of halogens is 1. The van der Waals surface area contributed by atoms with Gasteiger partial charge in [0, 0.05) is 72.0 Å². The van der Waals surface area contributed by atoms with Crippen LogP contribution in [0.3, 0.4) is 0 Å². The Morgan fingerprint density at radius 1 is 0.697 bits per heavy atom. The fourth-order valence-electron chi connectivity index (χ4n) is 2.96. The number of hydrazine groups is 1. The van der Waals surface area contributed by atoms with Crippen molar-refractivity contribution in [3.8, 4) is 0 Å². The zero-order valence-electron chi connectivity index (χ0n) is 19.5. The van der Waals surface area contributed by atoms with Gasteiger partial charge in [-0.15, -0.1) is 12.4 Å². The molecule has 33 heavy (non-hydrogen) atoms. The van der Waals surface area contributed by atoms with Gasteiger partial charge >= 0.3 is 0 Å². The first-order valence-electron chi connectivity index (χ1n) is 10.7. The van der Waals surface area contributed by atoms with Crippen molar-refractivity contribution in [2.24, 2.45) is 0 Å². The fourth-order valence-corrected chi connectivity index (χ4v) is 3.45. The van der Waals surface area contributed by atoms with Crippen molar-refractivity contribution < 1.29 is 36.2 Å². The zero-order chi connectivity index (χ0) is 24.6. The molecule has 2 aliphatic heterocycles. The van der Waals surface area contributed by atoms with E-state index in [1.807, 2.05) is 11.9 Å². The van der Waals surface area contributed by atoms with E-state index in [-0.39, 0.29) is 37.1 Å². The highest BCUT2D eigenvalue weighted by Crippen LogP contribution is 2.01. The molecule has 0 aromatic rings. The van der Waals surface area contributed by atoms with E-state index in [1.165, 1.54) is 6.92 Å². The van der Waals surface area contributed by atoms with E-state index < -0.39 is 20.2 Å². The Hall–Kier alpha value is -0.170. The summed E-state index contributed by atoms with van der Waals surface area (Å²) in [5, 5.41) is 19.6. The summed E-state index contributed by atoms with van der Waals surface area (Å²) in [5.41, 5.74) is 3.11. The standard InChI is InChI=1S/C8H18N2O4S.C7H17N3O.C2H6O3S.ClH/c11-7-5-9-1-3-10(4-2-9)6-8-15(12,13)14;1-8-10-4-2-9(3-5-10)6-7-11;1-2-6(3,4)5;/h11H,1-8H2,(H,12,13,14);8,11H,2-7H2,1H3;2H2,1H3,(H,3,4,5);1H. The Balaban J connectivity index is 0. The second-order valence-corrected chi connectivity index (χ2v) is 10.7. The number of nitrogens with zero attached hydrogens (tertiary/aromatic N) is 4. The van der Waals surface area contributed by atoms with E-state index in [1.54, 1.807) is 0 Å². The lowest BCUT2D eigenvalue weighted by Gasteiger charge is -2.33. The maximum atomic E-state index is 10.5. The summed E-state index contributed by atoms with van der Waals surface area (Å²) in [5.74, 6) is -0.403. The molecule has 16 heteroatoms. The van der Waals surface area contributed by atoms with Gasteiger partial charge in [-0.1, -0.05) is 0 Å². The van der Waals surface area contributed by atoms with Crippen LogP contribution in [0.4, 0.5) is 0 Å². The van der Waals surface area contributed by atoms with E-state index in [2.05, 4.69) is 20.2 Å². The molecule has 0 aliphatic carbocycles. The third-order valence-corrected chi connectivity index (χ3v) is 6.44. The minimum absolute atomic E-state index is 0. The lowest BCUT2D eigenvalue weighted by molar-refractivity contribution is 0.0859. The van der Waals surface area contributed by atoms with E-state index in [4.69, 9.17) is 19.3 Å². The molecule has 13 nitrogen and oxygen atoms in total. The highest BCUT2D eigenvalue weighted by Gasteiger charge is 2.17. The molecule has 0 amide bonds. The van der Waals surface area contributed by atoms with Gasteiger partial charge in [0.25, 0.3) is 20.2 Å². The molecule has 2 heterocycles. The van der Waals surface area contributed by atoms with E-state index in [0.717, 1.165) is 58.9 Å². The van der Waals surface area contributed by atoms with Gasteiger partial charge < -0.3 is 10.2 Å². The van der Waals surface area contributed by atoms with Gasteiger partial charge in [-0.25, -0.2) is 5.01 Å². The summed E-state index contributed by atoms with van der Waals surface area (Å²) in [6.45, 7) is 11.1. The minimum atomic E-state index is -3.84. The summed E-state index contributed by atoms with van der Waals surface area (Å²) < 4.78 is 56.5. The van der Waals surface area contributed by atoms with Crippen molar-refractivity contribution >= 4 is 32.6 Å². The van der Waals surface area contributed by atoms with Crippen LogP contribution in [0.1, 0.15) is 6.92 Å². The van der Waals surface area contributed by atoms with Crippen LogP contribution >= 0.6 is 12.4 Å². The van der Waals surface area contributed by atoms with Crippen molar-refractivity contribution in [2.75, 3.05) is 104 Å². The first kappa shape index (κ1) is 35.0. The SMILES string of the molecule is CCS(=O)(=O)O.CNN1CCN(CCO)CC1.Cl.O=S(=O)(O)CCN1CCN(CCO)CC1. The number of aliphatic hydroxyl groups is 2. The van der Waals surface area contributed by atoms with Gasteiger partial charge in [0.2, 0.25) is 0 Å². The fraction of sp³-hybridized carbons (Fsp3) is 1.00. The lowest BCUT2D eigenvalue weighted by atomic mass is 10.3. The molecule has 0 aromatic heterocycles. The summed E-state index contributed by atoms with van der Waals surface area (Å²) in [6.07, 6.45) is 0. The molecule has 0 aromatic carbocycles. The third-order valence-electron chi connectivity index (χ3n) is 5.02. The quantitative estimate of drug-likeness (QED) is 0.194. The Kier molecular flexibility index (Phi) is 20.2. The van der Waals surface area contributed by atoms with Crippen molar-refractivity contribution in [1.29, 1.82) is 0 Å². The molecule has 0 radical (unpaired) electrons. The Morgan fingerprint density at radius 3 is 1.30 bits per heavy atom. The first-order chi connectivity index (χ1) is 14.9. The van der Waals surface area contributed by atoms with Crippen LogP contribution < -0.4 is 5.43 Å². The molecule has 2 fully saturated rings. The Morgan fingerprint density at radius 2 is 1.03 bits per heavy atom. The van der Waals surface area contributed by atoms with E-state index >= 15 is 0 Å². The number of aliphatic hydroxyl groups excluding tert-OH is 2. The molecule has 2 aliphatic rings. The second-order valence-electron chi connectivity index (χ2n) is 7.34. The number of piperazine rings is 2. The maximum Gasteiger partial charge on any atom is 0.266 e. The highest BCUT2D eigenvalue weighted by atomic mass is 35.5. The van der Waals surface area contributed by atoms with Crippen molar-refractivity contribution in [1.82, 2.24) is 25.1 Å². The predicted molar refractivity (Wildman–Crippen MR) is 130 cm³/mol. The smallest absolute Gasteiger partial charge is 0.266 e. The zero-order valence-corrected chi connectivity index (χ0v) is 22.0. The van der Waals surface area contributed by atoms with Gasteiger partial charge in [0.1, 0.15) is 0 Å².